The molecule has 4 nitrogen and oxygen atoms in total. The molecule has 112 valence electrons. The number of nitrogens with one attached hydrogen (secondary N) is 1. The van der Waals surface area contributed by atoms with Crippen LogP contribution in [0.3, 0.4) is 0 Å². The highest BCUT2D eigenvalue weighted by Gasteiger charge is 2.40. The smallest absolute Gasteiger partial charge is 0.227 e. The van der Waals surface area contributed by atoms with Crippen LogP contribution in [0, 0.1) is 5.41 Å². The molecule has 3 N–H and O–H groups in total. The first kappa shape index (κ1) is 16.4. The average Bonchev–Trinajstić information content (AvgIpc) is 2.37. The summed E-state index contributed by atoms with van der Waals surface area (Å²) in [5, 5.41) is 3.09. The minimum absolute atomic E-state index is 0.113. The van der Waals surface area contributed by atoms with Crippen LogP contribution in [0.2, 0.25) is 0 Å². The van der Waals surface area contributed by atoms with E-state index in [1.54, 1.807) is 7.11 Å². The van der Waals surface area contributed by atoms with Crippen LogP contribution in [0.1, 0.15) is 58.8 Å². The van der Waals surface area contributed by atoms with Gasteiger partial charge >= 0.3 is 0 Å². The van der Waals surface area contributed by atoms with Gasteiger partial charge in [-0.15, -0.1) is 0 Å². The lowest BCUT2D eigenvalue weighted by atomic mass is 9.77. The van der Waals surface area contributed by atoms with Gasteiger partial charge in [0.2, 0.25) is 5.91 Å². The summed E-state index contributed by atoms with van der Waals surface area (Å²) in [6, 6.07) is 0. The van der Waals surface area contributed by atoms with Gasteiger partial charge in [0.15, 0.2) is 0 Å². The Morgan fingerprint density at radius 2 is 1.89 bits per heavy atom. The fraction of sp³-hybridized carbons (Fsp3) is 0.933. The Labute approximate surface area is 117 Å². The minimum atomic E-state index is -0.387. The monoisotopic (exact) mass is 270 g/mol. The summed E-state index contributed by atoms with van der Waals surface area (Å²) in [7, 11) is 1.74. The number of amides is 1. The molecule has 0 unspecified atom stereocenters. The highest BCUT2D eigenvalue weighted by Crippen LogP contribution is 2.35. The molecular weight excluding hydrogens is 240 g/mol. The lowest BCUT2D eigenvalue weighted by Crippen LogP contribution is -2.54. The van der Waals surface area contributed by atoms with Gasteiger partial charge in [0, 0.05) is 20.2 Å². The van der Waals surface area contributed by atoms with Crippen LogP contribution in [0.5, 0.6) is 0 Å². The summed E-state index contributed by atoms with van der Waals surface area (Å²) in [4.78, 5) is 12.5. The first-order valence-electron chi connectivity index (χ1n) is 7.61. The molecule has 0 heterocycles. The highest BCUT2D eigenvalue weighted by atomic mass is 16.5. The summed E-state index contributed by atoms with van der Waals surface area (Å²) in [5.74, 6) is 0.113. The Balaban J connectivity index is 2.60. The second-order valence-corrected chi connectivity index (χ2v) is 5.91. The summed E-state index contributed by atoms with van der Waals surface area (Å²) in [6.45, 7) is 5.27. The van der Waals surface area contributed by atoms with Crippen LogP contribution in [-0.4, -0.2) is 31.7 Å². The lowest BCUT2D eigenvalue weighted by molar-refractivity contribution is -0.135. The number of hydrogen-bond donors (Lipinski definition) is 2. The lowest BCUT2D eigenvalue weighted by Gasteiger charge is -2.41. The molecule has 0 aliphatic heterocycles. The molecule has 0 radical (unpaired) electrons. The zero-order valence-electron chi connectivity index (χ0n) is 12.8. The molecule has 1 fully saturated rings. The summed E-state index contributed by atoms with van der Waals surface area (Å²) in [5.41, 5.74) is 5.40. The van der Waals surface area contributed by atoms with Gasteiger partial charge in [-0.05, 0) is 32.1 Å². The molecule has 0 bridgehead atoms. The summed E-state index contributed by atoms with van der Waals surface area (Å²) in [6.07, 6.45) is 6.98. The van der Waals surface area contributed by atoms with E-state index in [0.29, 0.717) is 13.1 Å². The molecule has 1 aliphatic rings. The fourth-order valence-electron chi connectivity index (χ4n) is 3.06. The number of ether oxygens (including phenoxy) is 1. The second-order valence-electron chi connectivity index (χ2n) is 5.91. The second kappa shape index (κ2) is 7.25. The van der Waals surface area contributed by atoms with Crippen LogP contribution in [0.4, 0.5) is 0 Å². The zero-order valence-corrected chi connectivity index (χ0v) is 12.8. The number of carbonyl (C=O) groups excluding carboxylic acids is 1. The molecule has 19 heavy (non-hydrogen) atoms. The van der Waals surface area contributed by atoms with Gasteiger partial charge in [0.25, 0.3) is 0 Å². The maximum atomic E-state index is 12.5. The predicted octanol–water partition coefficient (Wildman–Crippen LogP) is 2.22. The third-order valence-electron chi connectivity index (χ3n) is 4.60. The average molecular weight is 270 g/mol. The maximum absolute atomic E-state index is 12.5. The van der Waals surface area contributed by atoms with Gasteiger partial charge in [-0.3, -0.25) is 4.79 Å². The molecule has 1 rings (SSSR count). The molecule has 0 aromatic carbocycles. The van der Waals surface area contributed by atoms with E-state index in [1.807, 2.05) is 0 Å². The number of methoxy groups -OCH3 is 1. The highest BCUT2D eigenvalue weighted by molar-refractivity contribution is 5.83. The zero-order chi connectivity index (χ0) is 14.4. The minimum Gasteiger partial charge on any atom is -0.376 e. The number of carbonyl (C=O) groups is 1. The molecule has 0 aromatic rings. The first-order valence-corrected chi connectivity index (χ1v) is 7.61. The quantitative estimate of drug-likeness (QED) is 0.675. The third kappa shape index (κ3) is 3.69. The topological polar surface area (TPSA) is 64.4 Å². The number of nitrogens with two attached hydrogens (primary N) is 1. The van der Waals surface area contributed by atoms with E-state index < -0.39 is 0 Å². The Morgan fingerprint density at radius 3 is 2.21 bits per heavy atom. The van der Waals surface area contributed by atoms with Crippen LogP contribution in [0.25, 0.3) is 0 Å². The van der Waals surface area contributed by atoms with Crippen molar-refractivity contribution >= 4 is 5.91 Å². The Bertz CT molecular complexity index is 276. The van der Waals surface area contributed by atoms with Gasteiger partial charge in [-0.2, -0.15) is 0 Å². The van der Waals surface area contributed by atoms with Crippen molar-refractivity contribution in [3.05, 3.63) is 0 Å². The van der Waals surface area contributed by atoms with E-state index in [2.05, 4.69) is 19.2 Å². The van der Waals surface area contributed by atoms with E-state index in [1.165, 1.54) is 6.42 Å². The van der Waals surface area contributed by atoms with Crippen LogP contribution >= 0.6 is 0 Å². The third-order valence-corrected chi connectivity index (χ3v) is 4.60. The first-order chi connectivity index (χ1) is 9.08. The molecule has 1 saturated carbocycles. The number of rotatable bonds is 9. The van der Waals surface area contributed by atoms with Gasteiger partial charge < -0.3 is 15.8 Å². The van der Waals surface area contributed by atoms with Crippen LogP contribution in [0.15, 0.2) is 0 Å². The largest absolute Gasteiger partial charge is 0.376 e. The van der Waals surface area contributed by atoms with Crippen molar-refractivity contribution in [3.63, 3.8) is 0 Å². The number of hydrogen-bond acceptors (Lipinski definition) is 3. The predicted molar refractivity (Wildman–Crippen MR) is 77.9 cm³/mol. The van der Waals surface area contributed by atoms with E-state index in [0.717, 1.165) is 38.5 Å². The standard InChI is InChI=1S/C15H30N2O2/c1-4-7-14(11-16,8-5-2)13(18)17-12-15(19-3)9-6-10-15/h4-12,16H2,1-3H3,(H,17,18). The maximum Gasteiger partial charge on any atom is 0.227 e. The molecule has 1 amide bonds. The van der Waals surface area contributed by atoms with Gasteiger partial charge in [0.1, 0.15) is 0 Å². The van der Waals surface area contributed by atoms with Crippen molar-refractivity contribution < 1.29 is 9.53 Å². The molecule has 0 saturated heterocycles. The van der Waals surface area contributed by atoms with E-state index >= 15 is 0 Å². The van der Waals surface area contributed by atoms with Crippen molar-refractivity contribution in [1.29, 1.82) is 0 Å². The van der Waals surface area contributed by atoms with E-state index in [9.17, 15) is 4.79 Å². The van der Waals surface area contributed by atoms with Crippen molar-refractivity contribution in [3.8, 4) is 0 Å². The van der Waals surface area contributed by atoms with Gasteiger partial charge in [0.05, 0.1) is 11.0 Å². The van der Waals surface area contributed by atoms with Crippen molar-refractivity contribution in [1.82, 2.24) is 5.32 Å². The van der Waals surface area contributed by atoms with E-state index in [4.69, 9.17) is 10.5 Å². The van der Waals surface area contributed by atoms with Crippen molar-refractivity contribution in [2.75, 3.05) is 20.2 Å². The Morgan fingerprint density at radius 1 is 1.32 bits per heavy atom. The van der Waals surface area contributed by atoms with Crippen molar-refractivity contribution in [2.24, 2.45) is 11.1 Å². The summed E-state index contributed by atoms with van der Waals surface area (Å²) >= 11 is 0. The molecule has 0 aromatic heterocycles. The van der Waals surface area contributed by atoms with Crippen LogP contribution < -0.4 is 11.1 Å². The molecule has 4 heteroatoms. The van der Waals surface area contributed by atoms with E-state index in [-0.39, 0.29) is 16.9 Å². The molecule has 1 aliphatic carbocycles. The normalized spacial score (nSPS) is 17.9. The SMILES string of the molecule is CCCC(CN)(CCC)C(=O)NCC1(OC)CCC1. The Hall–Kier alpha value is -0.610. The molecule has 0 spiro atoms. The Kier molecular flexibility index (Phi) is 6.27. The molecular formula is C15H30N2O2. The van der Waals surface area contributed by atoms with Crippen molar-refractivity contribution in [2.45, 2.75) is 64.4 Å². The molecule has 0 atom stereocenters. The summed E-state index contributed by atoms with van der Waals surface area (Å²) < 4.78 is 5.54. The van der Waals surface area contributed by atoms with Gasteiger partial charge in [-0.1, -0.05) is 26.7 Å². The van der Waals surface area contributed by atoms with Gasteiger partial charge in [-0.25, -0.2) is 0 Å². The fourth-order valence-corrected chi connectivity index (χ4v) is 3.06. The van der Waals surface area contributed by atoms with Crippen LogP contribution in [-0.2, 0) is 9.53 Å².